The average Bonchev–Trinajstić information content (AvgIpc) is 2.88. The summed E-state index contributed by atoms with van der Waals surface area (Å²) in [7, 11) is 1.88. The summed E-state index contributed by atoms with van der Waals surface area (Å²) < 4.78 is 24.8. The van der Waals surface area contributed by atoms with Crippen molar-refractivity contribution < 1.29 is 19.0 Å². The minimum atomic E-state index is -1.56. The van der Waals surface area contributed by atoms with Gasteiger partial charge < -0.3 is 19.9 Å². The van der Waals surface area contributed by atoms with Gasteiger partial charge in [-0.05, 0) is 63.6 Å². The predicted molar refractivity (Wildman–Crippen MR) is 142 cm³/mol. The highest BCUT2D eigenvalue weighted by atomic mass is 19.1. The Morgan fingerprint density at radius 2 is 2.08 bits per heavy atom. The summed E-state index contributed by atoms with van der Waals surface area (Å²) in [5, 5.41) is 27.5. The SMILES string of the molecule is C/C=C(\C=C/C[C@H](CCCCC)NC(O)(CC)/C(C#N)=C/c1cccc(F)n1)OCCOCCNC. The van der Waals surface area contributed by atoms with Crippen molar-refractivity contribution in [3.05, 3.63) is 59.4 Å². The molecule has 0 aliphatic carbocycles. The third-order valence-corrected chi connectivity index (χ3v) is 5.69. The van der Waals surface area contributed by atoms with E-state index in [1.165, 1.54) is 18.2 Å². The smallest absolute Gasteiger partial charge is 0.213 e. The zero-order chi connectivity index (χ0) is 26.7. The summed E-state index contributed by atoms with van der Waals surface area (Å²) in [5.41, 5.74) is -1.17. The fraction of sp³-hybridized carbons (Fsp3) is 0.571. The average molecular weight is 503 g/mol. The summed E-state index contributed by atoms with van der Waals surface area (Å²) >= 11 is 0. The van der Waals surface area contributed by atoms with Crippen molar-refractivity contribution in [1.29, 1.82) is 5.26 Å². The summed E-state index contributed by atoms with van der Waals surface area (Å²) in [5.74, 6) is 0.114. The molecule has 3 N–H and O–H groups in total. The lowest BCUT2D eigenvalue weighted by Crippen LogP contribution is -2.51. The monoisotopic (exact) mass is 502 g/mol. The van der Waals surface area contributed by atoms with Crippen LogP contribution < -0.4 is 10.6 Å². The Balaban J connectivity index is 2.89. The van der Waals surface area contributed by atoms with Crippen LogP contribution in [0.2, 0.25) is 0 Å². The minimum absolute atomic E-state index is 0.0713. The van der Waals surface area contributed by atoms with Gasteiger partial charge in [-0.3, -0.25) is 5.32 Å². The van der Waals surface area contributed by atoms with Crippen molar-refractivity contribution in [2.45, 2.75) is 71.1 Å². The molecule has 0 saturated heterocycles. The molecule has 36 heavy (non-hydrogen) atoms. The largest absolute Gasteiger partial charge is 0.492 e. The summed E-state index contributed by atoms with van der Waals surface area (Å²) in [6, 6.07) is 6.37. The maximum atomic E-state index is 13.5. The van der Waals surface area contributed by atoms with E-state index in [4.69, 9.17) is 9.47 Å². The van der Waals surface area contributed by atoms with Crippen LogP contribution in [0.4, 0.5) is 4.39 Å². The van der Waals surface area contributed by atoms with E-state index < -0.39 is 11.7 Å². The molecule has 200 valence electrons. The van der Waals surface area contributed by atoms with Crippen LogP contribution in [0.15, 0.2) is 47.8 Å². The van der Waals surface area contributed by atoms with Crippen LogP contribution in [-0.2, 0) is 9.47 Å². The molecular weight excluding hydrogens is 459 g/mol. The second kappa shape index (κ2) is 18.7. The van der Waals surface area contributed by atoms with Crippen molar-refractivity contribution in [2.75, 3.05) is 33.4 Å². The van der Waals surface area contributed by atoms with E-state index in [1.54, 1.807) is 13.0 Å². The number of allylic oxidation sites excluding steroid dienone is 2. The lowest BCUT2D eigenvalue weighted by Gasteiger charge is -2.32. The van der Waals surface area contributed by atoms with E-state index in [0.717, 1.165) is 38.0 Å². The summed E-state index contributed by atoms with van der Waals surface area (Å²) in [6.07, 6.45) is 12.2. The van der Waals surface area contributed by atoms with Gasteiger partial charge in [-0.1, -0.05) is 45.3 Å². The van der Waals surface area contributed by atoms with Gasteiger partial charge in [0, 0.05) is 12.6 Å². The fourth-order valence-corrected chi connectivity index (χ4v) is 3.56. The van der Waals surface area contributed by atoms with E-state index in [2.05, 4.69) is 28.6 Å². The molecule has 0 bridgehead atoms. The standard InChI is InChI=1S/C28H43FN4O3/c1-5-8-9-12-24(13-10-15-26(6-2)36-20-19-35-18-17-31-4)33-28(34,7-3)23(22-30)21-25-14-11-16-27(29)32-25/h6,10-11,14-16,21,24,31,33-34H,5,7-9,12-13,17-20H2,1-4H3/b15-10-,23-21+,26-6+/t24-,28?/m0/s1. The summed E-state index contributed by atoms with van der Waals surface area (Å²) in [6.45, 7) is 8.28. The molecule has 0 aliphatic heterocycles. The molecule has 7 nitrogen and oxygen atoms in total. The van der Waals surface area contributed by atoms with Crippen LogP contribution in [-0.4, -0.2) is 55.3 Å². The van der Waals surface area contributed by atoms with Crippen molar-refractivity contribution in [2.24, 2.45) is 0 Å². The first-order valence-electron chi connectivity index (χ1n) is 12.8. The number of hydrogen-bond donors (Lipinski definition) is 3. The zero-order valence-electron chi connectivity index (χ0n) is 22.2. The van der Waals surface area contributed by atoms with E-state index in [-0.39, 0.29) is 23.7 Å². The van der Waals surface area contributed by atoms with E-state index >= 15 is 0 Å². The number of rotatable bonds is 19. The number of pyridine rings is 1. The van der Waals surface area contributed by atoms with Gasteiger partial charge in [0.1, 0.15) is 12.4 Å². The van der Waals surface area contributed by atoms with E-state index in [1.807, 2.05) is 32.2 Å². The molecule has 0 fully saturated rings. The number of nitrogens with zero attached hydrogens (tertiary/aromatic N) is 2. The molecule has 0 spiro atoms. The van der Waals surface area contributed by atoms with Gasteiger partial charge in [0.15, 0.2) is 5.72 Å². The fourth-order valence-electron chi connectivity index (χ4n) is 3.56. The number of halogens is 1. The molecule has 0 radical (unpaired) electrons. The Hall–Kier alpha value is -2.57. The predicted octanol–water partition coefficient (Wildman–Crippen LogP) is 4.87. The van der Waals surface area contributed by atoms with Gasteiger partial charge in [0.25, 0.3) is 0 Å². The van der Waals surface area contributed by atoms with Gasteiger partial charge in [-0.25, -0.2) is 4.98 Å². The molecule has 2 atom stereocenters. The van der Waals surface area contributed by atoms with Crippen molar-refractivity contribution in [3.63, 3.8) is 0 Å². The van der Waals surface area contributed by atoms with Gasteiger partial charge >= 0.3 is 0 Å². The van der Waals surface area contributed by atoms with Crippen LogP contribution in [0.5, 0.6) is 0 Å². The second-order valence-corrected chi connectivity index (χ2v) is 8.50. The van der Waals surface area contributed by atoms with Gasteiger partial charge in [0.05, 0.1) is 30.6 Å². The number of nitriles is 1. The van der Waals surface area contributed by atoms with Gasteiger partial charge in [0.2, 0.25) is 5.95 Å². The third kappa shape index (κ3) is 12.4. The van der Waals surface area contributed by atoms with Crippen molar-refractivity contribution >= 4 is 6.08 Å². The molecule has 8 heteroatoms. The first-order valence-corrected chi connectivity index (χ1v) is 12.8. The lowest BCUT2D eigenvalue weighted by atomic mass is 9.96. The van der Waals surface area contributed by atoms with E-state index in [0.29, 0.717) is 26.2 Å². The van der Waals surface area contributed by atoms with Crippen LogP contribution in [0.25, 0.3) is 6.08 Å². The van der Waals surface area contributed by atoms with Crippen LogP contribution >= 0.6 is 0 Å². The minimum Gasteiger partial charge on any atom is -0.492 e. The number of aliphatic hydroxyl groups is 1. The molecule has 0 saturated carbocycles. The Kier molecular flexibility index (Phi) is 16.3. The lowest BCUT2D eigenvalue weighted by molar-refractivity contribution is 0.0298. The maximum absolute atomic E-state index is 13.5. The molecule has 1 unspecified atom stereocenters. The summed E-state index contributed by atoms with van der Waals surface area (Å²) in [4.78, 5) is 3.80. The topological polar surface area (TPSA) is 99.4 Å². The van der Waals surface area contributed by atoms with Gasteiger partial charge in [-0.2, -0.15) is 9.65 Å². The normalized spacial score (nSPS) is 15.0. The third-order valence-electron chi connectivity index (χ3n) is 5.69. The molecule has 1 aromatic heterocycles. The molecule has 1 aromatic rings. The second-order valence-electron chi connectivity index (χ2n) is 8.50. The number of aromatic nitrogens is 1. The number of hydrogen-bond acceptors (Lipinski definition) is 7. The quantitative estimate of drug-likeness (QED) is 0.0620. The number of likely N-dealkylation sites (N-methyl/N-ethyl adjacent to an activating group) is 1. The van der Waals surface area contributed by atoms with Gasteiger partial charge in [-0.15, -0.1) is 0 Å². The number of nitrogens with one attached hydrogen (secondary N) is 2. The molecule has 0 amide bonds. The number of ether oxygens (including phenoxy) is 2. The molecule has 0 aliphatic rings. The maximum Gasteiger partial charge on any atom is 0.213 e. The number of unbranched alkanes of at least 4 members (excludes halogenated alkanes) is 2. The Labute approximate surface area is 216 Å². The first kappa shape index (κ1) is 31.5. The first-order chi connectivity index (χ1) is 17.4. The molecule has 0 aromatic carbocycles. The Morgan fingerprint density at radius 3 is 2.72 bits per heavy atom. The highest BCUT2D eigenvalue weighted by Gasteiger charge is 2.32. The Morgan fingerprint density at radius 1 is 1.28 bits per heavy atom. The molecule has 1 heterocycles. The van der Waals surface area contributed by atoms with Crippen LogP contribution in [0, 0.1) is 17.3 Å². The Bertz CT molecular complexity index is 882. The molecular formula is C28H43FN4O3. The van der Waals surface area contributed by atoms with Crippen LogP contribution in [0.3, 0.4) is 0 Å². The highest BCUT2D eigenvalue weighted by molar-refractivity contribution is 5.56. The van der Waals surface area contributed by atoms with E-state index in [9.17, 15) is 14.8 Å². The van der Waals surface area contributed by atoms with Crippen LogP contribution in [0.1, 0.15) is 65.0 Å². The molecule has 1 rings (SSSR count). The van der Waals surface area contributed by atoms with Crippen molar-refractivity contribution in [3.8, 4) is 6.07 Å². The van der Waals surface area contributed by atoms with Crippen molar-refractivity contribution in [1.82, 2.24) is 15.6 Å². The highest BCUT2D eigenvalue weighted by Crippen LogP contribution is 2.23. The zero-order valence-corrected chi connectivity index (χ0v) is 22.2.